The molecular formula is C19H24Cl2N4O. The van der Waals surface area contributed by atoms with Crippen LogP contribution in [-0.2, 0) is 5.41 Å². The maximum Gasteiger partial charge on any atom is 0.271 e. The minimum Gasteiger partial charge on any atom is -0.350 e. The van der Waals surface area contributed by atoms with Crippen molar-refractivity contribution in [3.05, 3.63) is 52.8 Å². The average Bonchev–Trinajstić information content (AvgIpc) is 3.26. The number of nitrogens with zero attached hydrogens (tertiary/aromatic N) is 2. The number of carbonyl (C=O) groups excluding carboxylic acids is 1. The summed E-state index contributed by atoms with van der Waals surface area (Å²) in [6.45, 7) is 2.58. The molecule has 1 aliphatic heterocycles. The number of benzene rings is 1. The van der Waals surface area contributed by atoms with E-state index in [1.807, 2.05) is 29.1 Å². The van der Waals surface area contributed by atoms with Gasteiger partial charge in [0.2, 0.25) is 0 Å². The number of hydrogen-bond acceptors (Lipinski definition) is 3. The molecule has 0 spiro atoms. The molecule has 1 aromatic heterocycles. The van der Waals surface area contributed by atoms with Gasteiger partial charge in [0.15, 0.2) is 0 Å². The molecule has 2 aliphatic rings. The lowest BCUT2D eigenvalue weighted by Gasteiger charge is -2.22. The number of hydrogen-bond donors (Lipinski definition) is 2. The summed E-state index contributed by atoms with van der Waals surface area (Å²) in [5.41, 5.74) is 1.61. The predicted molar refractivity (Wildman–Crippen MR) is 105 cm³/mol. The van der Waals surface area contributed by atoms with Crippen LogP contribution in [0.1, 0.15) is 47.8 Å². The van der Waals surface area contributed by atoms with E-state index in [9.17, 15) is 4.79 Å². The van der Waals surface area contributed by atoms with E-state index < -0.39 is 0 Å². The number of nitrogens with one attached hydrogen (secondary N) is 2. The third-order valence-electron chi connectivity index (χ3n) is 5.37. The van der Waals surface area contributed by atoms with Gasteiger partial charge in [0.1, 0.15) is 5.69 Å². The molecule has 1 aliphatic carbocycles. The normalized spacial score (nSPS) is 20.9. The van der Waals surface area contributed by atoms with Gasteiger partial charge in [-0.1, -0.05) is 29.8 Å². The van der Waals surface area contributed by atoms with Gasteiger partial charge in [-0.3, -0.25) is 9.48 Å². The number of aromatic nitrogens is 2. The molecule has 2 N–H and O–H groups in total. The van der Waals surface area contributed by atoms with Crippen LogP contribution in [0.15, 0.2) is 36.5 Å². The zero-order valence-corrected chi connectivity index (χ0v) is 16.2. The molecule has 2 aromatic rings. The molecule has 5 nitrogen and oxygen atoms in total. The Hall–Kier alpha value is -1.56. The second-order valence-corrected chi connectivity index (χ2v) is 7.53. The Balaban J connectivity index is 0.00000196. The molecule has 1 saturated carbocycles. The first-order valence-electron chi connectivity index (χ1n) is 8.97. The SMILES string of the molecule is Cl.O=C(NCC1(c2ccccc2Cl)CC1)c1ccn(C2CCCNC2)n1. The van der Waals surface area contributed by atoms with Crippen molar-refractivity contribution in [3.8, 4) is 0 Å². The smallest absolute Gasteiger partial charge is 0.271 e. The maximum atomic E-state index is 12.5. The molecule has 7 heteroatoms. The van der Waals surface area contributed by atoms with E-state index in [2.05, 4.69) is 21.8 Å². The molecule has 0 radical (unpaired) electrons. The first kappa shape index (κ1) is 19.2. The van der Waals surface area contributed by atoms with Gasteiger partial charge in [0, 0.05) is 29.7 Å². The second kappa shape index (κ2) is 7.99. The van der Waals surface area contributed by atoms with Crippen molar-refractivity contribution in [3.63, 3.8) is 0 Å². The van der Waals surface area contributed by atoms with Gasteiger partial charge in [0.05, 0.1) is 6.04 Å². The zero-order valence-electron chi connectivity index (χ0n) is 14.6. The van der Waals surface area contributed by atoms with Gasteiger partial charge in [-0.25, -0.2) is 0 Å². The lowest BCUT2D eigenvalue weighted by Crippen LogP contribution is -2.33. The third kappa shape index (κ3) is 3.90. The van der Waals surface area contributed by atoms with Crippen molar-refractivity contribution in [2.45, 2.75) is 37.1 Å². The Bertz CT molecular complexity index is 766. The molecule has 26 heavy (non-hydrogen) atoms. The largest absolute Gasteiger partial charge is 0.350 e. The number of rotatable bonds is 5. The van der Waals surface area contributed by atoms with Crippen LogP contribution in [0.2, 0.25) is 5.02 Å². The zero-order chi connectivity index (χ0) is 17.3. The summed E-state index contributed by atoms with van der Waals surface area (Å²) in [5, 5.41) is 11.7. The Morgan fingerprint density at radius 3 is 2.85 bits per heavy atom. The summed E-state index contributed by atoms with van der Waals surface area (Å²) < 4.78 is 1.92. The Labute approximate surface area is 164 Å². The van der Waals surface area contributed by atoms with Crippen molar-refractivity contribution in [1.82, 2.24) is 20.4 Å². The van der Waals surface area contributed by atoms with Gasteiger partial charge in [-0.2, -0.15) is 5.10 Å². The number of piperidine rings is 1. The van der Waals surface area contributed by atoms with Crippen molar-refractivity contribution >= 4 is 29.9 Å². The van der Waals surface area contributed by atoms with Crippen LogP contribution in [0.4, 0.5) is 0 Å². The van der Waals surface area contributed by atoms with E-state index in [1.165, 1.54) is 0 Å². The third-order valence-corrected chi connectivity index (χ3v) is 5.70. The molecule has 2 fully saturated rings. The summed E-state index contributed by atoms with van der Waals surface area (Å²) in [6, 6.07) is 10.1. The maximum absolute atomic E-state index is 12.5. The minimum absolute atomic E-state index is 0. The Morgan fingerprint density at radius 1 is 1.35 bits per heavy atom. The highest BCUT2D eigenvalue weighted by atomic mass is 35.5. The number of carbonyl (C=O) groups is 1. The molecular weight excluding hydrogens is 371 g/mol. The van der Waals surface area contributed by atoms with Gasteiger partial charge in [-0.15, -0.1) is 12.4 Å². The Morgan fingerprint density at radius 2 is 2.15 bits per heavy atom. The van der Waals surface area contributed by atoms with E-state index in [0.29, 0.717) is 18.3 Å². The fraction of sp³-hybridized carbons (Fsp3) is 0.474. The summed E-state index contributed by atoms with van der Waals surface area (Å²) in [6.07, 6.45) is 6.27. The molecule has 0 bridgehead atoms. The quantitative estimate of drug-likeness (QED) is 0.817. The Kier molecular flexibility index (Phi) is 5.90. The van der Waals surface area contributed by atoms with Crippen LogP contribution in [0, 0.1) is 0 Å². The highest BCUT2D eigenvalue weighted by Crippen LogP contribution is 2.49. The van der Waals surface area contributed by atoms with Crippen molar-refractivity contribution in [2.24, 2.45) is 0 Å². The minimum atomic E-state index is -0.110. The first-order valence-corrected chi connectivity index (χ1v) is 9.35. The van der Waals surface area contributed by atoms with E-state index in [4.69, 9.17) is 11.6 Å². The summed E-state index contributed by atoms with van der Waals surface area (Å²) in [4.78, 5) is 12.5. The van der Waals surface area contributed by atoms with Crippen LogP contribution in [0.25, 0.3) is 0 Å². The lowest BCUT2D eigenvalue weighted by molar-refractivity contribution is 0.0943. The van der Waals surface area contributed by atoms with Gasteiger partial charge < -0.3 is 10.6 Å². The summed E-state index contributed by atoms with van der Waals surface area (Å²) in [5.74, 6) is -0.110. The van der Waals surface area contributed by atoms with Crippen LogP contribution >= 0.6 is 24.0 Å². The first-order chi connectivity index (χ1) is 12.2. The van der Waals surface area contributed by atoms with Crippen LogP contribution in [0.3, 0.4) is 0 Å². The highest BCUT2D eigenvalue weighted by Gasteiger charge is 2.45. The molecule has 4 rings (SSSR count). The van der Waals surface area contributed by atoms with Crippen molar-refractivity contribution in [1.29, 1.82) is 0 Å². The monoisotopic (exact) mass is 394 g/mol. The standard InChI is InChI=1S/C19H23ClN4O.ClH/c20-16-6-2-1-5-15(16)19(8-9-19)13-22-18(25)17-7-11-24(23-17)14-4-3-10-21-12-14;/h1-2,5-7,11,14,21H,3-4,8-10,12-13H2,(H,22,25);1H. The molecule has 2 heterocycles. The average molecular weight is 395 g/mol. The van der Waals surface area contributed by atoms with E-state index in [-0.39, 0.29) is 23.7 Å². The topological polar surface area (TPSA) is 59.0 Å². The van der Waals surface area contributed by atoms with Crippen LogP contribution < -0.4 is 10.6 Å². The molecule has 1 aromatic carbocycles. The number of amides is 1. The van der Waals surface area contributed by atoms with Crippen LogP contribution in [0.5, 0.6) is 0 Å². The summed E-state index contributed by atoms with van der Waals surface area (Å²) >= 11 is 6.34. The van der Waals surface area contributed by atoms with E-state index >= 15 is 0 Å². The second-order valence-electron chi connectivity index (χ2n) is 7.12. The predicted octanol–water partition coefficient (Wildman–Crippen LogP) is 3.34. The fourth-order valence-electron chi connectivity index (χ4n) is 3.65. The van der Waals surface area contributed by atoms with Gasteiger partial charge >= 0.3 is 0 Å². The van der Waals surface area contributed by atoms with Crippen molar-refractivity contribution < 1.29 is 4.79 Å². The van der Waals surface area contributed by atoms with Gasteiger partial charge in [-0.05, 0) is 49.9 Å². The molecule has 140 valence electrons. The summed E-state index contributed by atoms with van der Waals surface area (Å²) in [7, 11) is 0. The highest BCUT2D eigenvalue weighted by molar-refractivity contribution is 6.31. The lowest BCUT2D eigenvalue weighted by atomic mass is 9.96. The molecule has 1 atom stereocenters. The van der Waals surface area contributed by atoms with E-state index in [1.54, 1.807) is 6.07 Å². The molecule has 1 unspecified atom stereocenters. The molecule has 1 amide bonds. The fourth-order valence-corrected chi connectivity index (χ4v) is 3.98. The van der Waals surface area contributed by atoms with Gasteiger partial charge in [0.25, 0.3) is 5.91 Å². The van der Waals surface area contributed by atoms with E-state index in [0.717, 1.165) is 49.4 Å². The number of halogens is 2. The molecule has 1 saturated heterocycles. The van der Waals surface area contributed by atoms with Crippen LogP contribution in [-0.4, -0.2) is 35.3 Å². The van der Waals surface area contributed by atoms with Crippen molar-refractivity contribution in [2.75, 3.05) is 19.6 Å².